The predicted octanol–water partition coefficient (Wildman–Crippen LogP) is 3.82. The molecule has 0 N–H and O–H groups in total. The lowest BCUT2D eigenvalue weighted by Crippen LogP contribution is -2.42. The van der Waals surface area contributed by atoms with Crippen LogP contribution in [0.4, 0.5) is 0 Å². The molecule has 1 saturated heterocycles. The van der Waals surface area contributed by atoms with Crippen LogP contribution >= 0.6 is 0 Å². The Balaban J connectivity index is 1.39. The molecule has 0 unspecified atom stereocenters. The second-order valence-electron chi connectivity index (χ2n) is 7.19. The Hall–Kier alpha value is -1.24. The molecule has 3 rings (SSSR count). The lowest BCUT2D eigenvalue weighted by Gasteiger charge is -2.35. The summed E-state index contributed by atoms with van der Waals surface area (Å²) in [6.07, 6.45) is 3.51. The van der Waals surface area contributed by atoms with Gasteiger partial charge in [-0.2, -0.15) is 0 Å². The van der Waals surface area contributed by atoms with Gasteiger partial charge < -0.3 is 23.7 Å². The van der Waals surface area contributed by atoms with Gasteiger partial charge in [0, 0.05) is 6.42 Å². The average molecular weight is 362 g/mol. The third kappa shape index (κ3) is 5.89. The highest BCUT2D eigenvalue weighted by atomic mass is 16.7. The Labute approximate surface area is 156 Å². The minimum atomic E-state index is -0.316. The van der Waals surface area contributed by atoms with Crippen molar-refractivity contribution in [1.29, 1.82) is 0 Å². The molecule has 144 valence electrons. The summed E-state index contributed by atoms with van der Waals surface area (Å²) in [6.45, 7) is 7.80. The summed E-state index contributed by atoms with van der Waals surface area (Å²) >= 11 is 0. The van der Waals surface area contributed by atoms with Crippen molar-refractivity contribution in [3.63, 3.8) is 0 Å². The van der Waals surface area contributed by atoms with Gasteiger partial charge in [0.15, 0.2) is 12.6 Å². The maximum absolute atomic E-state index is 6.08. The quantitative estimate of drug-likeness (QED) is 0.658. The minimum Gasteiger partial charge on any atom is -0.372 e. The van der Waals surface area contributed by atoms with Crippen molar-refractivity contribution in [1.82, 2.24) is 0 Å². The van der Waals surface area contributed by atoms with E-state index in [4.69, 9.17) is 23.7 Å². The molecule has 2 aliphatic rings. The van der Waals surface area contributed by atoms with Crippen LogP contribution in [0.15, 0.2) is 42.0 Å². The summed E-state index contributed by atoms with van der Waals surface area (Å²) in [7, 11) is 0. The summed E-state index contributed by atoms with van der Waals surface area (Å²) in [5.41, 5.74) is 2.29. The van der Waals surface area contributed by atoms with Crippen LogP contribution in [0.3, 0.4) is 0 Å². The van der Waals surface area contributed by atoms with Crippen LogP contribution in [-0.2, 0) is 30.3 Å². The average Bonchev–Trinajstić information content (AvgIpc) is 3.05. The van der Waals surface area contributed by atoms with E-state index in [0.29, 0.717) is 19.8 Å². The van der Waals surface area contributed by atoms with E-state index in [2.05, 4.69) is 12.1 Å². The fourth-order valence-electron chi connectivity index (χ4n) is 3.21. The van der Waals surface area contributed by atoms with Crippen LogP contribution < -0.4 is 0 Å². The Morgan fingerprint density at radius 3 is 2.65 bits per heavy atom. The van der Waals surface area contributed by atoms with Crippen LogP contribution in [0, 0.1) is 0 Å². The molecule has 0 spiro atoms. The van der Waals surface area contributed by atoms with Crippen molar-refractivity contribution >= 4 is 0 Å². The second kappa shape index (κ2) is 9.62. The van der Waals surface area contributed by atoms with E-state index in [9.17, 15) is 0 Å². The van der Waals surface area contributed by atoms with Crippen molar-refractivity contribution in [2.24, 2.45) is 0 Å². The molecule has 1 aromatic rings. The molecular weight excluding hydrogens is 332 g/mol. The van der Waals surface area contributed by atoms with Crippen molar-refractivity contribution in [3.8, 4) is 0 Å². The highest BCUT2D eigenvalue weighted by Gasteiger charge is 2.32. The standard InChI is InChI=1S/C21H30O5/c1-15(2)24-20-10-9-19(16(3)25-20)26-21-11-18(14-23-21)13-22-12-17-7-5-4-6-8-17/h4-8,11,15-16,19-21H,9-10,12-14H2,1-3H3/t16-,19+,20+,21+/m0/s1. The lowest BCUT2D eigenvalue weighted by molar-refractivity contribution is -0.255. The zero-order valence-corrected chi connectivity index (χ0v) is 15.9. The molecule has 2 aliphatic heterocycles. The SMILES string of the molecule is CC(C)O[C@H]1CC[C@@H](O[C@@H]2C=C(COCc3ccccc3)CO2)[C@H](C)O1. The molecule has 5 heteroatoms. The van der Waals surface area contributed by atoms with E-state index in [-0.39, 0.29) is 30.9 Å². The molecule has 1 aromatic carbocycles. The monoisotopic (exact) mass is 362 g/mol. The zero-order valence-electron chi connectivity index (χ0n) is 15.9. The smallest absolute Gasteiger partial charge is 0.178 e. The Bertz CT molecular complexity index is 571. The molecule has 1 fully saturated rings. The third-order valence-electron chi connectivity index (χ3n) is 4.51. The number of benzene rings is 1. The summed E-state index contributed by atoms with van der Waals surface area (Å²) in [6, 6.07) is 10.2. The molecule has 2 heterocycles. The number of ether oxygens (including phenoxy) is 5. The number of hydrogen-bond acceptors (Lipinski definition) is 5. The van der Waals surface area contributed by atoms with Gasteiger partial charge in [-0.05, 0) is 44.4 Å². The van der Waals surface area contributed by atoms with Crippen LogP contribution in [0.25, 0.3) is 0 Å². The van der Waals surface area contributed by atoms with Crippen molar-refractivity contribution in [3.05, 3.63) is 47.5 Å². The first kappa shape index (κ1) is 19.5. The van der Waals surface area contributed by atoms with Gasteiger partial charge in [0.1, 0.15) is 0 Å². The van der Waals surface area contributed by atoms with Gasteiger partial charge in [-0.3, -0.25) is 0 Å². The van der Waals surface area contributed by atoms with Gasteiger partial charge in [-0.1, -0.05) is 30.3 Å². The van der Waals surface area contributed by atoms with Gasteiger partial charge in [0.05, 0.1) is 38.1 Å². The van der Waals surface area contributed by atoms with E-state index in [0.717, 1.165) is 18.4 Å². The van der Waals surface area contributed by atoms with Crippen molar-refractivity contribution in [2.75, 3.05) is 13.2 Å². The first-order valence-electron chi connectivity index (χ1n) is 9.49. The predicted molar refractivity (Wildman–Crippen MR) is 98.6 cm³/mol. The van der Waals surface area contributed by atoms with Gasteiger partial charge in [0.2, 0.25) is 0 Å². The third-order valence-corrected chi connectivity index (χ3v) is 4.51. The van der Waals surface area contributed by atoms with E-state index in [1.807, 2.05) is 45.0 Å². The van der Waals surface area contributed by atoms with Crippen molar-refractivity contribution < 1.29 is 23.7 Å². The zero-order chi connectivity index (χ0) is 18.4. The molecule has 0 aromatic heterocycles. The van der Waals surface area contributed by atoms with E-state index in [1.165, 1.54) is 5.56 Å². The number of hydrogen-bond donors (Lipinski definition) is 0. The summed E-state index contributed by atoms with van der Waals surface area (Å²) in [5.74, 6) is 0. The molecule has 4 atom stereocenters. The Morgan fingerprint density at radius 2 is 1.92 bits per heavy atom. The molecular formula is C21H30O5. The normalized spacial score (nSPS) is 29.2. The number of rotatable bonds is 8. The first-order chi connectivity index (χ1) is 12.6. The van der Waals surface area contributed by atoms with E-state index < -0.39 is 0 Å². The van der Waals surface area contributed by atoms with Gasteiger partial charge in [-0.15, -0.1) is 0 Å². The molecule has 0 aliphatic carbocycles. The van der Waals surface area contributed by atoms with Crippen LogP contribution in [0.5, 0.6) is 0 Å². The first-order valence-corrected chi connectivity index (χ1v) is 9.49. The molecule has 26 heavy (non-hydrogen) atoms. The van der Waals surface area contributed by atoms with Crippen LogP contribution in [0.1, 0.15) is 39.2 Å². The minimum absolute atomic E-state index is 0.0112. The fourth-order valence-corrected chi connectivity index (χ4v) is 3.21. The maximum Gasteiger partial charge on any atom is 0.178 e. The molecule has 0 radical (unpaired) electrons. The molecule has 5 nitrogen and oxygen atoms in total. The largest absolute Gasteiger partial charge is 0.372 e. The summed E-state index contributed by atoms with van der Waals surface area (Å²) < 4.78 is 29.2. The van der Waals surface area contributed by atoms with Gasteiger partial charge in [-0.25, -0.2) is 0 Å². The Kier molecular flexibility index (Phi) is 7.23. The highest BCUT2D eigenvalue weighted by molar-refractivity contribution is 5.14. The lowest BCUT2D eigenvalue weighted by atomic mass is 10.1. The van der Waals surface area contributed by atoms with Gasteiger partial charge in [0.25, 0.3) is 0 Å². The second-order valence-corrected chi connectivity index (χ2v) is 7.19. The Morgan fingerprint density at radius 1 is 1.12 bits per heavy atom. The van der Waals surface area contributed by atoms with Crippen molar-refractivity contribution in [2.45, 2.75) is 71.1 Å². The van der Waals surface area contributed by atoms with E-state index in [1.54, 1.807) is 0 Å². The highest BCUT2D eigenvalue weighted by Crippen LogP contribution is 2.26. The molecule has 0 saturated carbocycles. The van der Waals surface area contributed by atoms with Gasteiger partial charge >= 0.3 is 0 Å². The van der Waals surface area contributed by atoms with E-state index >= 15 is 0 Å². The molecule has 0 amide bonds. The fraction of sp³-hybridized carbons (Fsp3) is 0.619. The summed E-state index contributed by atoms with van der Waals surface area (Å²) in [4.78, 5) is 0. The summed E-state index contributed by atoms with van der Waals surface area (Å²) in [5, 5.41) is 0. The van der Waals surface area contributed by atoms with Crippen LogP contribution in [-0.4, -0.2) is 44.1 Å². The maximum atomic E-state index is 6.08. The molecule has 0 bridgehead atoms. The van der Waals surface area contributed by atoms with Crippen LogP contribution in [0.2, 0.25) is 0 Å². The topological polar surface area (TPSA) is 46.2 Å².